The standard InChI is InChI=1S/C14H14ClN3S/c1-8-6-7-11(9(2)17-8)18-12-5-3-4-10(15)13(12)14(16)19/h3-7,18H,1-2H3,(H2,16,19). The summed E-state index contributed by atoms with van der Waals surface area (Å²) in [5.74, 6) is 0. The molecule has 98 valence electrons. The van der Waals surface area contributed by atoms with Gasteiger partial charge in [0.2, 0.25) is 0 Å². The number of hydrogen-bond donors (Lipinski definition) is 2. The maximum Gasteiger partial charge on any atom is 0.107 e. The molecule has 2 aromatic rings. The second-order valence-corrected chi connectivity index (χ2v) is 5.08. The van der Waals surface area contributed by atoms with Crippen LogP contribution in [0.1, 0.15) is 17.0 Å². The maximum absolute atomic E-state index is 6.13. The second kappa shape index (κ2) is 5.55. The van der Waals surface area contributed by atoms with Crippen LogP contribution in [0.5, 0.6) is 0 Å². The minimum Gasteiger partial charge on any atom is -0.389 e. The van der Waals surface area contributed by atoms with Crippen LogP contribution < -0.4 is 11.1 Å². The zero-order valence-electron chi connectivity index (χ0n) is 10.7. The van der Waals surface area contributed by atoms with Crippen molar-refractivity contribution < 1.29 is 0 Å². The van der Waals surface area contributed by atoms with Gasteiger partial charge in [-0.05, 0) is 38.1 Å². The molecule has 1 heterocycles. The molecular formula is C14H14ClN3S. The lowest BCUT2D eigenvalue weighted by Gasteiger charge is -2.14. The largest absolute Gasteiger partial charge is 0.389 e. The van der Waals surface area contributed by atoms with Crippen LogP contribution in [-0.2, 0) is 0 Å². The van der Waals surface area contributed by atoms with Crippen LogP contribution in [-0.4, -0.2) is 9.97 Å². The first-order valence-corrected chi connectivity index (χ1v) is 6.57. The van der Waals surface area contributed by atoms with Crippen LogP contribution in [0.25, 0.3) is 0 Å². The fourth-order valence-electron chi connectivity index (χ4n) is 1.84. The highest BCUT2D eigenvalue weighted by atomic mass is 35.5. The molecule has 3 nitrogen and oxygen atoms in total. The van der Waals surface area contributed by atoms with E-state index in [1.807, 2.05) is 38.1 Å². The topological polar surface area (TPSA) is 50.9 Å². The molecule has 0 spiro atoms. The molecule has 0 aliphatic carbocycles. The lowest BCUT2D eigenvalue weighted by atomic mass is 10.1. The molecule has 0 atom stereocenters. The monoisotopic (exact) mass is 291 g/mol. The van der Waals surface area contributed by atoms with E-state index in [0.717, 1.165) is 22.8 Å². The van der Waals surface area contributed by atoms with E-state index < -0.39 is 0 Å². The molecule has 0 fully saturated rings. The summed E-state index contributed by atoms with van der Waals surface area (Å²) < 4.78 is 0. The summed E-state index contributed by atoms with van der Waals surface area (Å²) in [4.78, 5) is 4.68. The van der Waals surface area contributed by atoms with Crippen molar-refractivity contribution in [1.82, 2.24) is 4.98 Å². The zero-order valence-corrected chi connectivity index (χ0v) is 12.3. The average molecular weight is 292 g/mol. The van der Waals surface area contributed by atoms with Gasteiger partial charge in [-0.15, -0.1) is 0 Å². The van der Waals surface area contributed by atoms with Gasteiger partial charge in [-0.1, -0.05) is 29.9 Å². The molecule has 0 amide bonds. The van der Waals surface area contributed by atoms with E-state index in [1.54, 1.807) is 6.07 Å². The number of hydrogen-bond acceptors (Lipinski definition) is 3. The van der Waals surface area contributed by atoms with Gasteiger partial charge in [0.05, 0.1) is 27.7 Å². The third kappa shape index (κ3) is 3.03. The molecule has 0 unspecified atom stereocenters. The fraction of sp³-hybridized carbons (Fsp3) is 0.143. The number of nitrogens with two attached hydrogens (primary N) is 1. The minimum atomic E-state index is 0.269. The molecule has 5 heteroatoms. The Bertz CT molecular complexity index is 641. The maximum atomic E-state index is 6.13. The van der Waals surface area contributed by atoms with Crippen molar-refractivity contribution in [2.45, 2.75) is 13.8 Å². The highest BCUT2D eigenvalue weighted by molar-refractivity contribution is 7.80. The molecule has 0 aliphatic rings. The van der Waals surface area contributed by atoms with Gasteiger partial charge in [-0.2, -0.15) is 0 Å². The fourth-order valence-corrected chi connectivity index (χ4v) is 2.39. The van der Waals surface area contributed by atoms with Crippen molar-refractivity contribution in [1.29, 1.82) is 0 Å². The Morgan fingerprint density at radius 1 is 1.21 bits per heavy atom. The van der Waals surface area contributed by atoms with Crippen molar-refractivity contribution in [3.05, 3.63) is 52.3 Å². The molecule has 19 heavy (non-hydrogen) atoms. The number of nitrogens with one attached hydrogen (secondary N) is 1. The normalized spacial score (nSPS) is 10.3. The Kier molecular flexibility index (Phi) is 4.02. The van der Waals surface area contributed by atoms with Crippen molar-refractivity contribution in [2.24, 2.45) is 5.73 Å². The van der Waals surface area contributed by atoms with E-state index in [4.69, 9.17) is 29.6 Å². The SMILES string of the molecule is Cc1ccc(Nc2cccc(Cl)c2C(N)=S)c(C)n1. The molecular weight excluding hydrogens is 278 g/mol. The first-order valence-electron chi connectivity index (χ1n) is 5.78. The third-order valence-corrected chi connectivity index (χ3v) is 3.27. The van der Waals surface area contributed by atoms with E-state index >= 15 is 0 Å². The molecule has 0 bridgehead atoms. The van der Waals surface area contributed by atoms with Crippen LogP contribution in [0.15, 0.2) is 30.3 Å². The summed E-state index contributed by atoms with van der Waals surface area (Å²) in [6.45, 7) is 3.90. The Morgan fingerprint density at radius 2 is 1.95 bits per heavy atom. The number of halogens is 1. The smallest absolute Gasteiger partial charge is 0.107 e. The number of pyridine rings is 1. The predicted molar refractivity (Wildman–Crippen MR) is 84.3 cm³/mol. The van der Waals surface area contributed by atoms with Gasteiger partial charge in [-0.3, -0.25) is 4.98 Å². The van der Waals surface area contributed by atoms with E-state index in [0.29, 0.717) is 10.6 Å². The number of rotatable bonds is 3. The number of benzene rings is 1. The third-order valence-electron chi connectivity index (χ3n) is 2.75. The lowest BCUT2D eigenvalue weighted by molar-refractivity contribution is 1.12. The summed E-state index contributed by atoms with van der Waals surface area (Å²) in [6.07, 6.45) is 0. The quantitative estimate of drug-likeness (QED) is 0.846. The molecule has 0 saturated carbocycles. The van der Waals surface area contributed by atoms with Crippen molar-refractivity contribution in [3.8, 4) is 0 Å². The van der Waals surface area contributed by atoms with E-state index in [9.17, 15) is 0 Å². The van der Waals surface area contributed by atoms with Crippen LogP contribution in [0.2, 0.25) is 5.02 Å². The lowest BCUT2D eigenvalue weighted by Crippen LogP contribution is -2.13. The number of nitrogens with zero attached hydrogens (tertiary/aromatic N) is 1. The Balaban J connectivity index is 2.44. The minimum absolute atomic E-state index is 0.269. The van der Waals surface area contributed by atoms with Crippen molar-refractivity contribution in [2.75, 3.05) is 5.32 Å². The van der Waals surface area contributed by atoms with E-state index in [-0.39, 0.29) is 4.99 Å². The first-order chi connectivity index (χ1) is 8.99. The predicted octanol–water partition coefficient (Wildman–Crippen LogP) is 3.73. The molecule has 0 saturated heterocycles. The summed E-state index contributed by atoms with van der Waals surface area (Å²) in [5.41, 5.74) is 9.95. The Morgan fingerprint density at radius 3 is 2.58 bits per heavy atom. The summed E-state index contributed by atoms with van der Waals surface area (Å²) in [5, 5.41) is 3.81. The van der Waals surface area contributed by atoms with E-state index in [1.165, 1.54) is 0 Å². The summed E-state index contributed by atoms with van der Waals surface area (Å²) >= 11 is 11.2. The highest BCUT2D eigenvalue weighted by Gasteiger charge is 2.11. The molecule has 2 rings (SSSR count). The van der Waals surface area contributed by atoms with Gasteiger partial charge >= 0.3 is 0 Å². The molecule has 1 aromatic heterocycles. The Hall–Kier alpha value is -1.65. The molecule has 0 aliphatic heterocycles. The summed E-state index contributed by atoms with van der Waals surface area (Å²) in [6, 6.07) is 9.42. The van der Waals surface area contributed by atoms with Gasteiger partial charge in [0.25, 0.3) is 0 Å². The first kappa shape index (κ1) is 13.8. The second-order valence-electron chi connectivity index (χ2n) is 4.24. The van der Waals surface area contributed by atoms with E-state index in [2.05, 4.69) is 10.3 Å². The summed E-state index contributed by atoms with van der Waals surface area (Å²) in [7, 11) is 0. The zero-order chi connectivity index (χ0) is 14.0. The van der Waals surface area contributed by atoms with Gasteiger partial charge in [0.15, 0.2) is 0 Å². The van der Waals surface area contributed by atoms with Crippen molar-refractivity contribution in [3.63, 3.8) is 0 Å². The number of anilines is 2. The van der Waals surface area contributed by atoms with Crippen molar-refractivity contribution >= 4 is 40.2 Å². The number of thiocarbonyl (C=S) groups is 1. The molecule has 1 aromatic carbocycles. The van der Waals surface area contributed by atoms with Gasteiger partial charge in [0, 0.05) is 5.69 Å². The number of aryl methyl sites for hydroxylation is 2. The van der Waals surface area contributed by atoms with Gasteiger partial charge in [-0.25, -0.2) is 0 Å². The van der Waals surface area contributed by atoms with Crippen LogP contribution in [0.4, 0.5) is 11.4 Å². The van der Waals surface area contributed by atoms with Crippen LogP contribution in [0, 0.1) is 13.8 Å². The molecule has 0 radical (unpaired) electrons. The number of aromatic nitrogens is 1. The Labute approximate surface area is 122 Å². The average Bonchev–Trinajstić information content (AvgIpc) is 2.32. The van der Waals surface area contributed by atoms with Crippen LogP contribution in [0.3, 0.4) is 0 Å². The van der Waals surface area contributed by atoms with Gasteiger partial charge < -0.3 is 11.1 Å². The molecule has 3 N–H and O–H groups in total. The highest BCUT2D eigenvalue weighted by Crippen LogP contribution is 2.28. The van der Waals surface area contributed by atoms with Crippen LogP contribution >= 0.6 is 23.8 Å². The van der Waals surface area contributed by atoms with Gasteiger partial charge in [0.1, 0.15) is 4.99 Å².